The van der Waals surface area contributed by atoms with Gasteiger partial charge >= 0.3 is 0 Å². The van der Waals surface area contributed by atoms with E-state index >= 15 is 0 Å². The van der Waals surface area contributed by atoms with E-state index in [0.717, 1.165) is 37.0 Å². The maximum absolute atomic E-state index is 10.2. The molecule has 2 nitrogen and oxygen atoms in total. The van der Waals surface area contributed by atoms with Crippen LogP contribution in [-0.2, 0) is 4.79 Å². The molecule has 0 aliphatic rings. The van der Waals surface area contributed by atoms with E-state index in [0.29, 0.717) is 0 Å². The van der Waals surface area contributed by atoms with E-state index in [-0.39, 0.29) is 0 Å². The van der Waals surface area contributed by atoms with Crippen LogP contribution in [0.4, 0.5) is 0 Å². The molecule has 1 aromatic rings. The molecule has 0 fully saturated rings. The first-order chi connectivity index (χ1) is 7.38. The van der Waals surface area contributed by atoms with Gasteiger partial charge in [-0.15, -0.1) is 0 Å². The Labute approximate surface area is 90.6 Å². The molecule has 0 saturated heterocycles. The lowest BCUT2D eigenvalue weighted by atomic mass is 10.2. The summed E-state index contributed by atoms with van der Waals surface area (Å²) in [6, 6.07) is 7.71. The first kappa shape index (κ1) is 11.5. The Morgan fingerprint density at radius 1 is 1.33 bits per heavy atom. The fourth-order valence-corrected chi connectivity index (χ4v) is 1.22. The number of aldehydes is 1. The van der Waals surface area contributed by atoms with Gasteiger partial charge in [-0.05, 0) is 24.6 Å². The topological polar surface area (TPSA) is 26.3 Å². The van der Waals surface area contributed by atoms with Crippen molar-refractivity contribution >= 4 is 12.4 Å². The Bertz CT molecular complexity index is 329. The molecule has 0 heterocycles. The summed E-state index contributed by atoms with van der Waals surface area (Å²) in [5.41, 5.74) is 0.945. The van der Waals surface area contributed by atoms with E-state index in [1.807, 2.05) is 24.3 Å². The highest BCUT2D eigenvalue weighted by Gasteiger charge is 1.98. The van der Waals surface area contributed by atoms with E-state index in [1.165, 1.54) is 6.08 Å². The first-order valence-electron chi connectivity index (χ1n) is 5.22. The summed E-state index contributed by atoms with van der Waals surface area (Å²) in [5, 5.41) is 0. The minimum Gasteiger partial charge on any atom is -0.493 e. The monoisotopic (exact) mass is 204 g/mol. The molecule has 1 rings (SSSR count). The van der Waals surface area contributed by atoms with Crippen molar-refractivity contribution in [3.05, 3.63) is 35.9 Å². The van der Waals surface area contributed by atoms with Crippen LogP contribution in [0.2, 0.25) is 0 Å². The molecule has 0 radical (unpaired) electrons. The number of carbonyl (C=O) groups excluding carboxylic acids is 1. The maximum Gasteiger partial charge on any atom is 0.142 e. The Kier molecular flexibility index (Phi) is 5.23. The predicted octanol–water partition coefficient (Wildman–Crippen LogP) is 3.08. The third-order valence-electron chi connectivity index (χ3n) is 2.03. The van der Waals surface area contributed by atoms with Crippen molar-refractivity contribution in [2.75, 3.05) is 6.61 Å². The normalized spacial score (nSPS) is 10.5. The van der Waals surface area contributed by atoms with E-state index in [2.05, 4.69) is 6.92 Å². The predicted molar refractivity (Wildman–Crippen MR) is 61.9 cm³/mol. The lowest BCUT2D eigenvalue weighted by Gasteiger charge is -2.07. The smallest absolute Gasteiger partial charge is 0.142 e. The summed E-state index contributed by atoms with van der Waals surface area (Å²) in [5.74, 6) is 0.837. The molecule has 0 N–H and O–H groups in total. The van der Waals surface area contributed by atoms with E-state index < -0.39 is 0 Å². The molecule has 80 valence electrons. The van der Waals surface area contributed by atoms with Gasteiger partial charge in [-0.1, -0.05) is 31.5 Å². The molecule has 1 aromatic carbocycles. The van der Waals surface area contributed by atoms with Gasteiger partial charge in [0, 0.05) is 5.56 Å². The molecular weight excluding hydrogens is 188 g/mol. The van der Waals surface area contributed by atoms with Crippen molar-refractivity contribution < 1.29 is 9.53 Å². The fourth-order valence-electron chi connectivity index (χ4n) is 1.22. The fraction of sp³-hybridized carbons (Fsp3) is 0.308. The Morgan fingerprint density at radius 3 is 2.87 bits per heavy atom. The maximum atomic E-state index is 10.2. The van der Waals surface area contributed by atoms with Gasteiger partial charge in [-0.25, -0.2) is 0 Å². The highest BCUT2D eigenvalue weighted by molar-refractivity contribution is 5.75. The summed E-state index contributed by atoms with van der Waals surface area (Å²) in [7, 11) is 0. The van der Waals surface area contributed by atoms with Gasteiger partial charge in [0.25, 0.3) is 0 Å². The zero-order valence-corrected chi connectivity index (χ0v) is 8.98. The standard InChI is InChI=1S/C13H16O2/c1-2-3-11-15-13-9-5-4-7-12(13)8-6-10-14/h4-10H,2-3,11H2,1H3. The number of hydrogen-bond acceptors (Lipinski definition) is 2. The summed E-state index contributed by atoms with van der Waals surface area (Å²) >= 11 is 0. The van der Waals surface area contributed by atoms with Crippen molar-refractivity contribution in [3.8, 4) is 5.75 Å². The van der Waals surface area contributed by atoms with Crippen LogP contribution in [0.5, 0.6) is 5.75 Å². The molecule has 0 saturated carbocycles. The summed E-state index contributed by atoms with van der Waals surface area (Å²) < 4.78 is 5.61. The molecule has 0 aliphatic heterocycles. The van der Waals surface area contributed by atoms with Crippen molar-refractivity contribution in [2.45, 2.75) is 19.8 Å². The molecule has 0 amide bonds. The average molecular weight is 204 g/mol. The second kappa shape index (κ2) is 6.82. The van der Waals surface area contributed by atoms with Gasteiger partial charge in [0.15, 0.2) is 0 Å². The average Bonchev–Trinajstić information content (AvgIpc) is 2.28. The zero-order chi connectivity index (χ0) is 10.9. The molecular formula is C13H16O2. The number of ether oxygens (including phenoxy) is 1. The lowest BCUT2D eigenvalue weighted by Crippen LogP contribution is -1.97. The van der Waals surface area contributed by atoms with Crippen molar-refractivity contribution in [1.82, 2.24) is 0 Å². The molecule has 15 heavy (non-hydrogen) atoms. The molecule has 0 aliphatic carbocycles. The SMILES string of the molecule is CCCCOc1ccccc1C=CC=O. The van der Waals surface area contributed by atoms with Gasteiger partial charge in [-0.2, -0.15) is 0 Å². The number of rotatable bonds is 6. The van der Waals surface area contributed by atoms with Crippen LogP contribution >= 0.6 is 0 Å². The first-order valence-corrected chi connectivity index (χ1v) is 5.22. The molecule has 0 aromatic heterocycles. The van der Waals surface area contributed by atoms with Crippen LogP contribution in [0.1, 0.15) is 25.3 Å². The minimum absolute atomic E-state index is 0.725. The number of carbonyl (C=O) groups is 1. The molecule has 2 heteroatoms. The third-order valence-corrected chi connectivity index (χ3v) is 2.03. The Hall–Kier alpha value is -1.57. The second-order valence-electron chi connectivity index (χ2n) is 3.24. The molecule has 0 spiro atoms. The highest BCUT2D eigenvalue weighted by Crippen LogP contribution is 2.19. The lowest BCUT2D eigenvalue weighted by molar-refractivity contribution is -0.104. The van der Waals surface area contributed by atoms with Gasteiger partial charge < -0.3 is 4.74 Å². The molecule has 0 unspecified atom stereocenters. The number of allylic oxidation sites excluding steroid dienone is 1. The van der Waals surface area contributed by atoms with Crippen molar-refractivity contribution in [1.29, 1.82) is 0 Å². The Morgan fingerprint density at radius 2 is 2.13 bits per heavy atom. The van der Waals surface area contributed by atoms with Crippen LogP contribution in [0.3, 0.4) is 0 Å². The van der Waals surface area contributed by atoms with Crippen LogP contribution in [0.15, 0.2) is 30.3 Å². The van der Waals surface area contributed by atoms with Crippen LogP contribution in [0.25, 0.3) is 6.08 Å². The zero-order valence-electron chi connectivity index (χ0n) is 8.98. The Balaban J connectivity index is 2.68. The van der Waals surface area contributed by atoms with Gasteiger partial charge in [0.2, 0.25) is 0 Å². The van der Waals surface area contributed by atoms with Crippen LogP contribution in [0, 0.1) is 0 Å². The number of hydrogen-bond donors (Lipinski definition) is 0. The number of benzene rings is 1. The second-order valence-corrected chi connectivity index (χ2v) is 3.24. The molecule has 0 bridgehead atoms. The molecule has 0 atom stereocenters. The van der Waals surface area contributed by atoms with E-state index in [4.69, 9.17) is 4.74 Å². The summed E-state index contributed by atoms with van der Waals surface area (Å²) in [6.45, 7) is 2.85. The quantitative estimate of drug-likeness (QED) is 0.404. The van der Waals surface area contributed by atoms with Gasteiger partial charge in [0.1, 0.15) is 12.0 Å². The van der Waals surface area contributed by atoms with Crippen LogP contribution < -0.4 is 4.74 Å². The van der Waals surface area contributed by atoms with E-state index in [9.17, 15) is 4.79 Å². The van der Waals surface area contributed by atoms with Crippen LogP contribution in [-0.4, -0.2) is 12.9 Å². The van der Waals surface area contributed by atoms with Gasteiger partial charge in [0.05, 0.1) is 6.61 Å². The largest absolute Gasteiger partial charge is 0.493 e. The third kappa shape index (κ3) is 3.98. The summed E-state index contributed by atoms with van der Waals surface area (Å²) in [4.78, 5) is 10.2. The van der Waals surface area contributed by atoms with Crippen molar-refractivity contribution in [2.24, 2.45) is 0 Å². The highest BCUT2D eigenvalue weighted by atomic mass is 16.5. The number of unbranched alkanes of at least 4 members (excludes halogenated alkanes) is 1. The van der Waals surface area contributed by atoms with Crippen molar-refractivity contribution in [3.63, 3.8) is 0 Å². The summed E-state index contributed by atoms with van der Waals surface area (Å²) in [6.07, 6.45) is 6.16. The number of para-hydroxylation sites is 1. The van der Waals surface area contributed by atoms with Gasteiger partial charge in [-0.3, -0.25) is 4.79 Å². The van der Waals surface area contributed by atoms with E-state index in [1.54, 1.807) is 6.08 Å². The minimum atomic E-state index is 0.725.